The molecule has 16 heavy (non-hydrogen) atoms. The van der Waals surface area contributed by atoms with Crippen molar-refractivity contribution in [2.24, 2.45) is 5.92 Å². The number of anilines is 1. The Bertz CT molecular complexity index is 378. The van der Waals surface area contributed by atoms with Crippen LogP contribution in [0.25, 0.3) is 0 Å². The van der Waals surface area contributed by atoms with Crippen molar-refractivity contribution < 1.29 is 0 Å². The van der Waals surface area contributed by atoms with Gasteiger partial charge in [0.1, 0.15) is 5.82 Å². The van der Waals surface area contributed by atoms with Crippen LogP contribution in [0.4, 0.5) is 5.82 Å². The second kappa shape index (κ2) is 4.62. The highest BCUT2D eigenvalue weighted by molar-refractivity contribution is 6.17. The molecular weight excluding hydrogens is 220 g/mol. The van der Waals surface area contributed by atoms with Gasteiger partial charge in [-0.2, -0.15) is 0 Å². The molecular formula is C13H19ClN2. The number of rotatable bonds is 2. The van der Waals surface area contributed by atoms with Gasteiger partial charge in [-0.05, 0) is 43.9 Å². The topological polar surface area (TPSA) is 16.1 Å². The van der Waals surface area contributed by atoms with Crippen LogP contribution in [0.5, 0.6) is 0 Å². The molecule has 1 saturated heterocycles. The first-order valence-corrected chi connectivity index (χ1v) is 6.43. The Kier molecular flexibility index (Phi) is 3.38. The molecule has 0 radical (unpaired) electrons. The van der Waals surface area contributed by atoms with E-state index in [0.29, 0.717) is 11.9 Å². The molecule has 2 heterocycles. The normalized spacial score (nSPS) is 25.1. The summed E-state index contributed by atoms with van der Waals surface area (Å²) in [6.45, 7) is 7.71. The lowest BCUT2D eigenvalue weighted by Crippen LogP contribution is -2.27. The van der Waals surface area contributed by atoms with Crippen LogP contribution in [0, 0.1) is 12.8 Å². The zero-order valence-electron chi connectivity index (χ0n) is 10.2. The van der Waals surface area contributed by atoms with E-state index in [1.165, 1.54) is 6.42 Å². The molecule has 1 fully saturated rings. The quantitative estimate of drug-likeness (QED) is 0.735. The van der Waals surface area contributed by atoms with Gasteiger partial charge in [-0.3, -0.25) is 0 Å². The minimum absolute atomic E-state index is 0.564. The monoisotopic (exact) mass is 238 g/mol. The third-order valence-electron chi connectivity index (χ3n) is 3.23. The van der Waals surface area contributed by atoms with E-state index in [0.717, 1.165) is 29.5 Å². The Balaban J connectivity index is 2.29. The fourth-order valence-electron chi connectivity index (χ4n) is 2.56. The molecule has 1 aliphatic rings. The fourth-order valence-corrected chi connectivity index (χ4v) is 2.72. The van der Waals surface area contributed by atoms with Crippen molar-refractivity contribution >= 4 is 17.4 Å². The molecule has 88 valence electrons. The van der Waals surface area contributed by atoms with E-state index in [9.17, 15) is 0 Å². The van der Waals surface area contributed by atoms with E-state index in [-0.39, 0.29) is 0 Å². The van der Waals surface area contributed by atoms with Crippen LogP contribution in [0.2, 0.25) is 0 Å². The summed E-state index contributed by atoms with van der Waals surface area (Å²) in [5, 5.41) is 0. The Morgan fingerprint density at radius 3 is 2.75 bits per heavy atom. The predicted octanol–water partition coefficient (Wildman–Crippen LogP) is 3.36. The lowest BCUT2D eigenvalue weighted by molar-refractivity contribution is 0.625. The van der Waals surface area contributed by atoms with Crippen LogP contribution in [0.1, 0.15) is 31.5 Å². The number of hydrogen-bond acceptors (Lipinski definition) is 2. The molecule has 0 amide bonds. The Hall–Kier alpha value is -0.760. The maximum absolute atomic E-state index is 5.90. The van der Waals surface area contributed by atoms with Gasteiger partial charge in [0.2, 0.25) is 0 Å². The predicted molar refractivity (Wildman–Crippen MR) is 69.1 cm³/mol. The summed E-state index contributed by atoms with van der Waals surface area (Å²) in [7, 11) is 0. The number of halogens is 1. The van der Waals surface area contributed by atoms with Crippen LogP contribution < -0.4 is 4.90 Å². The summed E-state index contributed by atoms with van der Waals surface area (Å²) in [6, 6.07) is 4.77. The number of aromatic nitrogens is 1. The molecule has 2 nitrogen and oxygen atoms in total. The summed E-state index contributed by atoms with van der Waals surface area (Å²) in [6.07, 6.45) is 1.26. The number of aryl methyl sites for hydroxylation is 1. The number of hydrogen-bond donors (Lipinski definition) is 0. The average molecular weight is 239 g/mol. The molecule has 1 aromatic rings. The third kappa shape index (κ3) is 2.32. The van der Waals surface area contributed by atoms with Gasteiger partial charge in [0, 0.05) is 24.2 Å². The molecule has 2 atom stereocenters. The van der Waals surface area contributed by atoms with Gasteiger partial charge in [-0.15, -0.1) is 11.6 Å². The number of alkyl halides is 1. The van der Waals surface area contributed by atoms with Gasteiger partial charge in [0.15, 0.2) is 0 Å². The molecule has 0 N–H and O–H groups in total. The van der Waals surface area contributed by atoms with E-state index >= 15 is 0 Å². The van der Waals surface area contributed by atoms with Crippen molar-refractivity contribution in [1.29, 1.82) is 0 Å². The Morgan fingerprint density at radius 1 is 1.44 bits per heavy atom. The van der Waals surface area contributed by atoms with Gasteiger partial charge in [-0.25, -0.2) is 4.98 Å². The molecule has 1 aromatic heterocycles. The standard InChI is InChI=1S/C13H19ClN2/c1-9-4-11(3)16(8-9)13-6-12(7-14)5-10(2)15-13/h5-6,9,11H,4,7-8H2,1-3H3. The van der Waals surface area contributed by atoms with Gasteiger partial charge in [0.25, 0.3) is 0 Å². The SMILES string of the molecule is Cc1cc(CCl)cc(N2CC(C)CC2C)n1. The summed E-state index contributed by atoms with van der Waals surface area (Å²) in [4.78, 5) is 7.01. The first kappa shape index (κ1) is 11.7. The van der Waals surface area contributed by atoms with E-state index in [1.54, 1.807) is 0 Å². The summed E-state index contributed by atoms with van der Waals surface area (Å²) in [5.41, 5.74) is 2.22. The number of nitrogens with zero attached hydrogens (tertiary/aromatic N) is 2. The molecule has 0 bridgehead atoms. The maximum Gasteiger partial charge on any atom is 0.129 e. The van der Waals surface area contributed by atoms with E-state index in [4.69, 9.17) is 11.6 Å². The van der Waals surface area contributed by atoms with E-state index in [1.807, 2.05) is 6.92 Å². The van der Waals surface area contributed by atoms with Crippen molar-refractivity contribution in [2.75, 3.05) is 11.4 Å². The third-order valence-corrected chi connectivity index (χ3v) is 3.54. The molecule has 0 aromatic carbocycles. The summed E-state index contributed by atoms with van der Waals surface area (Å²) in [5.74, 6) is 2.41. The van der Waals surface area contributed by atoms with E-state index < -0.39 is 0 Å². The largest absolute Gasteiger partial charge is 0.354 e. The van der Waals surface area contributed by atoms with Gasteiger partial charge in [-0.1, -0.05) is 6.92 Å². The van der Waals surface area contributed by atoms with Gasteiger partial charge >= 0.3 is 0 Å². The van der Waals surface area contributed by atoms with Crippen LogP contribution in [-0.4, -0.2) is 17.6 Å². The first-order chi connectivity index (χ1) is 7.60. The molecule has 3 heteroatoms. The van der Waals surface area contributed by atoms with Crippen molar-refractivity contribution in [2.45, 2.75) is 39.1 Å². The fraction of sp³-hybridized carbons (Fsp3) is 0.615. The van der Waals surface area contributed by atoms with Crippen LogP contribution >= 0.6 is 11.6 Å². The van der Waals surface area contributed by atoms with Gasteiger partial charge < -0.3 is 4.90 Å². The Morgan fingerprint density at radius 2 is 2.19 bits per heavy atom. The maximum atomic E-state index is 5.90. The Labute approximate surface area is 103 Å². The smallest absolute Gasteiger partial charge is 0.129 e. The first-order valence-electron chi connectivity index (χ1n) is 5.90. The summed E-state index contributed by atoms with van der Waals surface area (Å²) >= 11 is 5.90. The van der Waals surface area contributed by atoms with Gasteiger partial charge in [0.05, 0.1) is 0 Å². The van der Waals surface area contributed by atoms with Crippen LogP contribution in [0.3, 0.4) is 0 Å². The lowest BCUT2D eigenvalue weighted by Gasteiger charge is -2.23. The molecule has 1 aliphatic heterocycles. The second-order valence-corrected chi connectivity index (χ2v) is 5.22. The highest BCUT2D eigenvalue weighted by Crippen LogP contribution is 2.28. The van der Waals surface area contributed by atoms with E-state index in [2.05, 4.69) is 35.9 Å². The zero-order valence-corrected chi connectivity index (χ0v) is 11.0. The van der Waals surface area contributed by atoms with Crippen molar-refractivity contribution in [3.8, 4) is 0 Å². The van der Waals surface area contributed by atoms with Crippen molar-refractivity contribution in [3.05, 3.63) is 23.4 Å². The van der Waals surface area contributed by atoms with Crippen molar-refractivity contribution in [1.82, 2.24) is 4.98 Å². The lowest BCUT2D eigenvalue weighted by atomic mass is 10.1. The zero-order chi connectivity index (χ0) is 11.7. The molecule has 0 aliphatic carbocycles. The highest BCUT2D eigenvalue weighted by atomic mass is 35.5. The minimum Gasteiger partial charge on any atom is -0.354 e. The molecule has 2 rings (SSSR count). The van der Waals surface area contributed by atoms with Crippen LogP contribution in [-0.2, 0) is 5.88 Å². The summed E-state index contributed by atoms with van der Waals surface area (Å²) < 4.78 is 0. The second-order valence-electron chi connectivity index (χ2n) is 4.95. The molecule has 0 spiro atoms. The molecule has 2 unspecified atom stereocenters. The highest BCUT2D eigenvalue weighted by Gasteiger charge is 2.27. The van der Waals surface area contributed by atoms with Crippen molar-refractivity contribution in [3.63, 3.8) is 0 Å². The average Bonchev–Trinajstić information content (AvgIpc) is 2.57. The van der Waals surface area contributed by atoms with Crippen LogP contribution in [0.15, 0.2) is 12.1 Å². The number of pyridine rings is 1. The molecule has 0 saturated carbocycles. The minimum atomic E-state index is 0.564.